The largest absolute Gasteiger partial charge is 0.496 e. The van der Waals surface area contributed by atoms with Crippen molar-refractivity contribution in [2.75, 3.05) is 33.2 Å². The molecule has 0 bridgehead atoms. The zero-order valence-electron chi connectivity index (χ0n) is 17.2. The molecule has 2 aromatic carbocycles. The van der Waals surface area contributed by atoms with Gasteiger partial charge >= 0.3 is 5.97 Å². The number of benzene rings is 2. The van der Waals surface area contributed by atoms with Crippen LogP contribution in [0.25, 0.3) is 0 Å². The lowest BCUT2D eigenvalue weighted by Crippen LogP contribution is -2.36. The fourth-order valence-electron chi connectivity index (χ4n) is 2.53. The van der Waals surface area contributed by atoms with E-state index in [-0.39, 0.29) is 5.56 Å². The summed E-state index contributed by atoms with van der Waals surface area (Å²) in [6.45, 7) is 1.03. The summed E-state index contributed by atoms with van der Waals surface area (Å²) in [6, 6.07) is 11.4. The summed E-state index contributed by atoms with van der Waals surface area (Å²) in [5.41, 5.74) is 0.733. The van der Waals surface area contributed by atoms with Gasteiger partial charge in [-0.1, -0.05) is 12.1 Å². The van der Waals surface area contributed by atoms with Crippen molar-refractivity contribution in [1.82, 2.24) is 5.32 Å². The number of amides is 2. The SMILES string of the molecule is COc1ccc(NC(=O)[C@@H](C)OC(=O)CNC(=O)c2ccccc2OC)cc1OC. The van der Waals surface area contributed by atoms with Crippen LogP contribution in [0.2, 0.25) is 0 Å². The highest BCUT2D eigenvalue weighted by molar-refractivity contribution is 5.99. The third-order valence-corrected chi connectivity index (χ3v) is 4.07. The molecule has 2 aromatic rings. The third kappa shape index (κ3) is 5.87. The van der Waals surface area contributed by atoms with Gasteiger partial charge in [-0.2, -0.15) is 0 Å². The van der Waals surface area contributed by atoms with E-state index in [9.17, 15) is 14.4 Å². The molecular formula is C21H24N2O7. The van der Waals surface area contributed by atoms with Gasteiger partial charge in [-0.25, -0.2) is 0 Å². The highest BCUT2D eigenvalue weighted by Crippen LogP contribution is 2.29. The van der Waals surface area contributed by atoms with E-state index in [0.717, 1.165) is 0 Å². The normalized spacial score (nSPS) is 11.1. The number of para-hydroxylation sites is 1. The zero-order valence-corrected chi connectivity index (χ0v) is 17.2. The molecule has 0 aromatic heterocycles. The molecule has 0 spiro atoms. The second-order valence-electron chi connectivity index (χ2n) is 6.07. The number of carbonyl (C=O) groups is 3. The molecule has 2 N–H and O–H groups in total. The number of rotatable bonds is 9. The van der Waals surface area contributed by atoms with Gasteiger partial charge < -0.3 is 29.6 Å². The number of anilines is 1. The Morgan fingerprint density at radius 3 is 2.23 bits per heavy atom. The maximum Gasteiger partial charge on any atom is 0.326 e. The molecule has 0 saturated carbocycles. The van der Waals surface area contributed by atoms with Gasteiger partial charge in [-0.15, -0.1) is 0 Å². The topological polar surface area (TPSA) is 112 Å². The number of ether oxygens (including phenoxy) is 4. The van der Waals surface area contributed by atoms with Crippen molar-refractivity contribution < 1.29 is 33.3 Å². The highest BCUT2D eigenvalue weighted by atomic mass is 16.5. The van der Waals surface area contributed by atoms with Gasteiger partial charge in [0.25, 0.3) is 11.8 Å². The molecule has 2 rings (SSSR count). The average Bonchev–Trinajstić information content (AvgIpc) is 2.77. The van der Waals surface area contributed by atoms with E-state index in [0.29, 0.717) is 22.9 Å². The molecule has 2 amide bonds. The molecule has 0 fully saturated rings. The quantitative estimate of drug-likeness (QED) is 0.602. The minimum absolute atomic E-state index is 0.284. The Hall–Kier alpha value is -3.75. The first-order chi connectivity index (χ1) is 14.4. The van der Waals surface area contributed by atoms with Crippen LogP contribution in [0, 0.1) is 0 Å². The van der Waals surface area contributed by atoms with Crippen LogP contribution in [0.1, 0.15) is 17.3 Å². The number of esters is 1. The Morgan fingerprint density at radius 1 is 0.900 bits per heavy atom. The van der Waals surface area contributed by atoms with Crippen molar-refractivity contribution in [3.05, 3.63) is 48.0 Å². The number of nitrogens with one attached hydrogen (secondary N) is 2. The fraction of sp³-hybridized carbons (Fsp3) is 0.286. The first kappa shape index (κ1) is 22.5. The first-order valence-corrected chi connectivity index (χ1v) is 9.03. The molecule has 0 unspecified atom stereocenters. The molecule has 0 aliphatic rings. The number of carbonyl (C=O) groups excluding carboxylic acids is 3. The van der Waals surface area contributed by atoms with E-state index < -0.39 is 30.4 Å². The highest BCUT2D eigenvalue weighted by Gasteiger charge is 2.20. The minimum atomic E-state index is -1.08. The maximum absolute atomic E-state index is 12.3. The van der Waals surface area contributed by atoms with Crippen LogP contribution in [0.4, 0.5) is 5.69 Å². The van der Waals surface area contributed by atoms with Crippen LogP contribution in [0.3, 0.4) is 0 Å². The molecule has 30 heavy (non-hydrogen) atoms. The van der Waals surface area contributed by atoms with Gasteiger partial charge in [0.05, 0.1) is 26.9 Å². The molecule has 9 nitrogen and oxygen atoms in total. The van der Waals surface area contributed by atoms with Crippen molar-refractivity contribution in [1.29, 1.82) is 0 Å². The molecule has 0 radical (unpaired) electrons. The Morgan fingerprint density at radius 2 is 1.57 bits per heavy atom. The Kier molecular flexibility index (Phi) is 8.04. The molecule has 9 heteroatoms. The minimum Gasteiger partial charge on any atom is -0.496 e. The van der Waals surface area contributed by atoms with Gasteiger partial charge in [0.1, 0.15) is 12.3 Å². The van der Waals surface area contributed by atoms with E-state index in [4.69, 9.17) is 18.9 Å². The van der Waals surface area contributed by atoms with Gasteiger partial charge in [-0.3, -0.25) is 14.4 Å². The van der Waals surface area contributed by atoms with Crippen molar-refractivity contribution in [3.8, 4) is 17.2 Å². The third-order valence-electron chi connectivity index (χ3n) is 4.07. The summed E-state index contributed by atoms with van der Waals surface area (Å²) >= 11 is 0. The maximum atomic E-state index is 12.3. The Balaban J connectivity index is 1.87. The molecule has 0 heterocycles. The van der Waals surface area contributed by atoms with Crippen molar-refractivity contribution >= 4 is 23.5 Å². The predicted octanol–water partition coefficient (Wildman–Crippen LogP) is 2.01. The standard InChI is InChI=1S/C21H24N2O7/c1-13(20(25)23-14-9-10-17(28-3)18(11-14)29-4)30-19(24)12-22-21(26)15-7-5-6-8-16(15)27-2/h5-11,13H,12H2,1-4H3,(H,22,26)(H,23,25)/t13-/m1/s1. The van der Waals surface area contributed by atoms with Crippen LogP contribution < -0.4 is 24.8 Å². The summed E-state index contributed by atoms with van der Waals surface area (Å²) in [4.78, 5) is 36.5. The Labute approximate surface area is 174 Å². The van der Waals surface area contributed by atoms with E-state index in [1.165, 1.54) is 28.3 Å². The lowest BCUT2D eigenvalue weighted by Gasteiger charge is -2.15. The molecule has 160 valence electrons. The second kappa shape index (κ2) is 10.7. The van der Waals surface area contributed by atoms with Gasteiger partial charge in [-0.05, 0) is 31.2 Å². The van der Waals surface area contributed by atoms with E-state index in [1.54, 1.807) is 42.5 Å². The van der Waals surface area contributed by atoms with Crippen molar-refractivity contribution in [2.45, 2.75) is 13.0 Å². The lowest BCUT2D eigenvalue weighted by molar-refractivity contribution is -0.152. The predicted molar refractivity (Wildman–Crippen MR) is 109 cm³/mol. The van der Waals surface area contributed by atoms with Gasteiger partial charge in [0, 0.05) is 11.8 Å². The molecule has 0 aliphatic carbocycles. The van der Waals surface area contributed by atoms with Crippen molar-refractivity contribution in [2.24, 2.45) is 0 Å². The zero-order chi connectivity index (χ0) is 22.1. The summed E-state index contributed by atoms with van der Waals surface area (Å²) in [5.74, 6) is -0.447. The molecular weight excluding hydrogens is 392 g/mol. The Bertz CT molecular complexity index is 914. The molecule has 1 atom stereocenters. The monoisotopic (exact) mass is 416 g/mol. The van der Waals surface area contributed by atoms with E-state index in [2.05, 4.69) is 10.6 Å². The summed E-state index contributed by atoms with van der Waals surface area (Å²) in [5, 5.41) is 5.06. The average molecular weight is 416 g/mol. The van der Waals surface area contributed by atoms with Gasteiger partial charge in [0.2, 0.25) is 0 Å². The van der Waals surface area contributed by atoms with E-state index in [1.807, 2.05) is 0 Å². The molecule has 0 saturated heterocycles. The first-order valence-electron chi connectivity index (χ1n) is 9.03. The van der Waals surface area contributed by atoms with Crippen LogP contribution >= 0.6 is 0 Å². The second-order valence-corrected chi connectivity index (χ2v) is 6.07. The lowest BCUT2D eigenvalue weighted by atomic mass is 10.2. The van der Waals surface area contributed by atoms with Crippen LogP contribution in [0.15, 0.2) is 42.5 Å². The fourth-order valence-corrected chi connectivity index (χ4v) is 2.53. The van der Waals surface area contributed by atoms with E-state index >= 15 is 0 Å². The number of hydrogen-bond donors (Lipinski definition) is 2. The molecule has 0 aliphatic heterocycles. The van der Waals surface area contributed by atoms with Crippen LogP contribution in [-0.4, -0.2) is 51.8 Å². The number of hydrogen-bond acceptors (Lipinski definition) is 7. The van der Waals surface area contributed by atoms with Crippen molar-refractivity contribution in [3.63, 3.8) is 0 Å². The smallest absolute Gasteiger partial charge is 0.326 e. The summed E-state index contributed by atoms with van der Waals surface area (Å²) < 4.78 is 20.5. The van der Waals surface area contributed by atoms with Gasteiger partial charge in [0.15, 0.2) is 17.6 Å². The summed E-state index contributed by atoms with van der Waals surface area (Å²) in [6.07, 6.45) is -1.08. The number of methoxy groups -OCH3 is 3. The van der Waals surface area contributed by atoms with Crippen LogP contribution in [-0.2, 0) is 14.3 Å². The summed E-state index contributed by atoms with van der Waals surface area (Å²) in [7, 11) is 4.43. The van der Waals surface area contributed by atoms with Crippen LogP contribution in [0.5, 0.6) is 17.2 Å².